The molecule has 0 saturated carbocycles. The minimum absolute atomic E-state index is 0.0129. The van der Waals surface area contributed by atoms with Crippen molar-refractivity contribution in [3.63, 3.8) is 0 Å². The molecule has 2 aliphatic heterocycles. The summed E-state index contributed by atoms with van der Waals surface area (Å²) in [6.45, 7) is 5.48. The summed E-state index contributed by atoms with van der Waals surface area (Å²) in [6, 6.07) is 0.347. The molecule has 2 saturated heterocycles. The van der Waals surface area contributed by atoms with Crippen LogP contribution in [0.1, 0.15) is 58.8 Å². The van der Waals surface area contributed by atoms with Crippen LogP contribution in [-0.4, -0.2) is 57.0 Å². The second kappa shape index (κ2) is 7.21. The largest absolute Gasteiger partial charge is 0.336 e. The second-order valence-electron chi connectivity index (χ2n) is 6.91. The highest BCUT2D eigenvalue weighted by Gasteiger charge is 2.30. The number of nitrogens with one attached hydrogen (secondary N) is 1. The van der Waals surface area contributed by atoms with Gasteiger partial charge in [-0.15, -0.1) is 16.4 Å². The van der Waals surface area contributed by atoms with Gasteiger partial charge in [0.05, 0.1) is 16.7 Å². The summed E-state index contributed by atoms with van der Waals surface area (Å²) in [6.07, 6.45) is 6.02. The van der Waals surface area contributed by atoms with Crippen molar-refractivity contribution in [2.45, 2.75) is 44.6 Å². The zero-order chi connectivity index (χ0) is 17.2. The van der Waals surface area contributed by atoms with Crippen LogP contribution < -0.4 is 5.32 Å². The van der Waals surface area contributed by atoms with Crippen LogP contribution in [0.15, 0.2) is 11.6 Å². The van der Waals surface area contributed by atoms with Crippen molar-refractivity contribution in [1.29, 1.82) is 0 Å². The van der Waals surface area contributed by atoms with E-state index in [1.165, 1.54) is 0 Å². The number of aromatic nitrogens is 4. The van der Waals surface area contributed by atoms with Gasteiger partial charge in [0.15, 0.2) is 5.69 Å². The molecule has 134 valence electrons. The Morgan fingerprint density at radius 1 is 1.32 bits per heavy atom. The van der Waals surface area contributed by atoms with Crippen molar-refractivity contribution in [3.05, 3.63) is 28.0 Å². The smallest absolute Gasteiger partial charge is 0.276 e. The fourth-order valence-electron chi connectivity index (χ4n) is 3.89. The number of hydrogen-bond acceptors (Lipinski definition) is 6. The fraction of sp³-hybridized carbons (Fsp3) is 0.647. The number of amides is 1. The van der Waals surface area contributed by atoms with Crippen LogP contribution in [0.25, 0.3) is 0 Å². The Labute approximate surface area is 151 Å². The monoisotopic (exact) mass is 360 g/mol. The highest BCUT2D eigenvalue weighted by Crippen LogP contribution is 2.29. The normalized spacial score (nSPS) is 22.3. The van der Waals surface area contributed by atoms with E-state index in [4.69, 9.17) is 0 Å². The minimum Gasteiger partial charge on any atom is -0.336 e. The number of thiazole rings is 1. The molecular weight excluding hydrogens is 336 g/mol. The second-order valence-corrected chi connectivity index (χ2v) is 7.84. The van der Waals surface area contributed by atoms with Gasteiger partial charge in [0.25, 0.3) is 5.91 Å². The molecule has 4 heterocycles. The van der Waals surface area contributed by atoms with E-state index in [9.17, 15) is 4.79 Å². The molecule has 2 fully saturated rings. The first-order valence-electron chi connectivity index (χ1n) is 9.05. The lowest BCUT2D eigenvalue weighted by molar-refractivity contribution is 0.0700. The topological polar surface area (TPSA) is 75.9 Å². The summed E-state index contributed by atoms with van der Waals surface area (Å²) in [5, 5.41) is 15.0. The maximum absolute atomic E-state index is 13.0. The molecule has 1 N–H and O–H groups in total. The third-order valence-electron chi connectivity index (χ3n) is 5.29. The van der Waals surface area contributed by atoms with Crippen molar-refractivity contribution in [2.24, 2.45) is 0 Å². The van der Waals surface area contributed by atoms with E-state index >= 15 is 0 Å². The molecule has 2 aliphatic rings. The van der Waals surface area contributed by atoms with E-state index in [-0.39, 0.29) is 5.91 Å². The molecule has 4 rings (SSSR count). The molecule has 0 radical (unpaired) electrons. The Morgan fingerprint density at radius 2 is 2.16 bits per heavy atom. The zero-order valence-electron chi connectivity index (χ0n) is 14.5. The Kier molecular flexibility index (Phi) is 4.80. The number of nitrogens with zero attached hydrogens (tertiary/aromatic N) is 5. The SMILES string of the molecule is Cc1c(C(=O)N2CCC[C@@H](c3nccs3)C2)nnn1C1CCNCC1. The van der Waals surface area contributed by atoms with E-state index in [0.717, 1.165) is 62.6 Å². The number of likely N-dealkylation sites (tertiary alicyclic amines) is 1. The number of carbonyl (C=O) groups excluding carboxylic acids is 1. The van der Waals surface area contributed by atoms with Gasteiger partial charge in [0.1, 0.15) is 0 Å². The van der Waals surface area contributed by atoms with Gasteiger partial charge in [-0.05, 0) is 45.7 Å². The van der Waals surface area contributed by atoms with E-state index in [0.29, 0.717) is 17.7 Å². The third kappa shape index (κ3) is 3.32. The Morgan fingerprint density at radius 3 is 2.92 bits per heavy atom. The maximum atomic E-state index is 13.0. The number of rotatable bonds is 3. The standard InChI is InChI=1S/C17H24N6OS/c1-12-15(20-21-23(12)14-4-6-18-7-5-14)17(24)22-9-2-3-13(11-22)16-19-8-10-25-16/h8,10,13-14,18H,2-7,9,11H2,1H3/t13-/m1/s1. The lowest BCUT2D eigenvalue weighted by Gasteiger charge is -2.31. The van der Waals surface area contributed by atoms with Crippen molar-refractivity contribution in [2.75, 3.05) is 26.2 Å². The van der Waals surface area contributed by atoms with Crippen molar-refractivity contribution in [3.8, 4) is 0 Å². The Bertz CT molecular complexity index is 722. The Hall–Kier alpha value is -1.80. The molecule has 8 heteroatoms. The van der Waals surface area contributed by atoms with Crippen LogP contribution in [0.4, 0.5) is 0 Å². The first-order valence-corrected chi connectivity index (χ1v) is 9.93. The highest BCUT2D eigenvalue weighted by molar-refractivity contribution is 7.09. The van der Waals surface area contributed by atoms with Gasteiger partial charge >= 0.3 is 0 Å². The molecule has 2 aromatic heterocycles. The number of piperidine rings is 2. The van der Waals surface area contributed by atoms with Gasteiger partial charge in [-0.3, -0.25) is 4.79 Å². The fourth-order valence-corrected chi connectivity index (χ4v) is 4.65. The van der Waals surface area contributed by atoms with Crippen LogP contribution in [0.3, 0.4) is 0 Å². The highest BCUT2D eigenvalue weighted by atomic mass is 32.1. The van der Waals surface area contributed by atoms with Gasteiger partial charge in [0, 0.05) is 30.6 Å². The molecule has 0 bridgehead atoms. The van der Waals surface area contributed by atoms with Gasteiger partial charge in [-0.25, -0.2) is 9.67 Å². The predicted octanol–water partition coefficient (Wildman–Crippen LogP) is 1.99. The molecule has 1 atom stereocenters. The zero-order valence-corrected chi connectivity index (χ0v) is 15.3. The first-order chi connectivity index (χ1) is 12.2. The molecular formula is C17H24N6OS. The average Bonchev–Trinajstić information content (AvgIpc) is 3.32. The quantitative estimate of drug-likeness (QED) is 0.906. The molecule has 0 aromatic carbocycles. The maximum Gasteiger partial charge on any atom is 0.276 e. The van der Waals surface area contributed by atoms with E-state index < -0.39 is 0 Å². The average molecular weight is 360 g/mol. The van der Waals surface area contributed by atoms with Crippen LogP contribution in [0.5, 0.6) is 0 Å². The van der Waals surface area contributed by atoms with E-state index in [2.05, 4.69) is 20.6 Å². The van der Waals surface area contributed by atoms with Crippen molar-refractivity contribution < 1.29 is 4.79 Å². The summed E-state index contributed by atoms with van der Waals surface area (Å²) in [4.78, 5) is 19.4. The summed E-state index contributed by atoms with van der Waals surface area (Å²) in [5.74, 6) is 0.358. The minimum atomic E-state index is 0.0129. The van der Waals surface area contributed by atoms with E-state index in [1.54, 1.807) is 11.3 Å². The number of hydrogen-bond donors (Lipinski definition) is 1. The van der Waals surface area contributed by atoms with Crippen LogP contribution in [0, 0.1) is 6.92 Å². The van der Waals surface area contributed by atoms with Crippen molar-refractivity contribution >= 4 is 17.2 Å². The number of carbonyl (C=O) groups is 1. The summed E-state index contributed by atoms with van der Waals surface area (Å²) < 4.78 is 1.95. The summed E-state index contributed by atoms with van der Waals surface area (Å²) in [5.41, 5.74) is 1.41. The molecule has 0 unspecified atom stereocenters. The van der Waals surface area contributed by atoms with Crippen LogP contribution in [0.2, 0.25) is 0 Å². The molecule has 2 aromatic rings. The summed E-state index contributed by atoms with van der Waals surface area (Å²) >= 11 is 1.68. The van der Waals surface area contributed by atoms with Crippen molar-refractivity contribution in [1.82, 2.24) is 30.2 Å². The van der Waals surface area contributed by atoms with Gasteiger partial charge < -0.3 is 10.2 Å². The van der Waals surface area contributed by atoms with Gasteiger partial charge in [-0.1, -0.05) is 5.21 Å². The lowest BCUT2D eigenvalue weighted by Crippen LogP contribution is -2.39. The predicted molar refractivity (Wildman–Crippen MR) is 95.9 cm³/mol. The molecule has 7 nitrogen and oxygen atoms in total. The summed E-state index contributed by atoms with van der Waals surface area (Å²) in [7, 11) is 0. The van der Waals surface area contributed by atoms with Crippen LogP contribution >= 0.6 is 11.3 Å². The first kappa shape index (κ1) is 16.7. The lowest BCUT2D eigenvalue weighted by atomic mass is 9.98. The molecule has 0 aliphatic carbocycles. The van der Waals surface area contributed by atoms with Gasteiger partial charge in [0.2, 0.25) is 0 Å². The third-order valence-corrected chi connectivity index (χ3v) is 6.23. The Balaban J connectivity index is 1.49. The van der Waals surface area contributed by atoms with Crippen LogP contribution in [-0.2, 0) is 0 Å². The van der Waals surface area contributed by atoms with E-state index in [1.807, 2.05) is 28.1 Å². The molecule has 0 spiro atoms. The van der Waals surface area contributed by atoms with Gasteiger partial charge in [-0.2, -0.15) is 0 Å². The molecule has 1 amide bonds. The molecule has 25 heavy (non-hydrogen) atoms.